The van der Waals surface area contributed by atoms with Crippen molar-refractivity contribution in [1.29, 1.82) is 0 Å². The van der Waals surface area contributed by atoms with Gasteiger partial charge in [-0.1, -0.05) is 401 Å². The Bertz CT molecular complexity index is 1990. The molecule has 0 amide bonds. The highest BCUT2D eigenvalue weighted by molar-refractivity contribution is 7.47. The number of esters is 4. The van der Waals surface area contributed by atoms with Gasteiger partial charge in [-0.05, 0) is 37.5 Å². The lowest BCUT2D eigenvalue weighted by Crippen LogP contribution is -2.30. The van der Waals surface area contributed by atoms with E-state index < -0.39 is 97.5 Å². The predicted octanol–water partition coefficient (Wildman–Crippen LogP) is 25.8. The van der Waals surface area contributed by atoms with Gasteiger partial charge in [-0.25, -0.2) is 9.13 Å². The molecule has 2 unspecified atom stereocenters. The van der Waals surface area contributed by atoms with E-state index in [1.54, 1.807) is 0 Å². The summed E-state index contributed by atoms with van der Waals surface area (Å²) in [5.74, 6) is -0.587. The SMILES string of the molecule is CCCCCCCCCCCCCCCCCCCCCCCCC(=O)O[C@H](COC(=O)CCCCCCCCCCCCCCCCCCC(C)C)COP(=O)(O)OC[C@@H](O)COP(=O)(O)OC[C@@H](COC(=O)CCCCCCCCCC(C)C)OC(=O)CCCCCCCCCCCCCCC. The van der Waals surface area contributed by atoms with Gasteiger partial charge in [0.25, 0.3) is 0 Å². The molecule has 104 heavy (non-hydrogen) atoms. The summed E-state index contributed by atoms with van der Waals surface area (Å²) in [6.07, 6.45) is 68.2. The zero-order valence-electron chi connectivity index (χ0n) is 68.3. The maximum absolute atomic E-state index is 13.1. The molecule has 618 valence electrons. The smallest absolute Gasteiger partial charge is 0.462 e. The van der Waals surface area contributed by atoms with Crippen molar-refractivity contribution in [2.75, 3.05) is 39.6 Å². The van der Waals surface area contributed by atoms with Crippen LogP contribution in [-0.2, 0) is 65.4 Å². The van der Waals surface area contributed by atoms with Crippen molar-refractivity contribution in [2.45, 2.75) is 471 Å². The molecule has 0 spiro atoms. The Morgan fingerprint density at radius 3 is 0.654 bits per heavy atom. The Hall–Kier alpha value is -1.94. The van der Waals surface area contributed by atoms with E-state index in [1.165, 1.54) is 263 Å². The van der Waals surface area contributed by atoms with E-state index >= 15 is 0 Å². The zero-order chi connectivity index (χ0) is 76.4. The molecule has 0 aliphatic rings. The molecule has 0 bridgehead atoms. The fourth-order valence-electron chi connectivity index (χ4n) is 13.2. The molecule has 0 aliphatic heterocycles. The molecule has 0 saturated carbocycles. The van der Waals surface area contributed by atoms with Crippen LogP contribution in [0.2, 0.25) is 0 Å². The Labute approximate surface area is 638 Å². The second kappa shape index (κ2) is 76.4. The molecule has 0 heterocycles. The molecular formula is C85H166O17P2. The van der Waals surface area contributed by atoms with Crippen LogP contribution >= 0.6 is 15.6 Å². The van der Waals surface area contributed by atoms with Gasteiger partial charge in [-0.3, -0.25) is 37.3 Å². The molecule has 0 aromatic rings. The second-order valence-corrected chi connectivity index (χ2v) is 34.4. The summed E-state index contributed by atoms with van der Waals surface area (Å²) < 4.78 is 68.8. The Morgan fingerprint density at radius 2 is 0.442 bits per heavy atom. The Kier molecular flexibility index (Phi) is 75.0. The molecule has 19 heteroatoms. The quantitative estimate of drug-likeness (QED) is 0.0222. The Morgan fingerprint density at radius 1 is 0.260 bits per heavy atom. The summed E-state index contributed by atoms with van der Waals surface area (Å²) in [5, 5.41) is 10.7. The number of aliphatic hydroxyl groups excluding tert-OH is 1. The monoisotopic (exact) mass is 1520 g/mol. The Balaban J connectivity index is 5.21. The molecule has 0 aliphatic carbocycles. The minimum absolute atomic E-state index is 0.107. The third-order valence-electron chi connectivity index (χ3n) is 20.0. The van der Waals surface area contributed by atoms with Crippen LogP contribution < -0.4 is 0 Å². The van der Waals surface area contributed by atoms with Crippen LogP contribution in [0.1, 0.15) is 452 Å². The van der Waals surface area contributed by atoms with E-state index in [2.05, 4.69) is 41.5 Å². The van der Waals surface area contributed by atoms with Gasteiger partial charge in [0.1, 0.15) is 19.3 Å². The van der Waals surface area contributed by atoms with Gasteiger partial charge in [0.15, 0.2) is 12.2 Å². The third kappa shape index (κ3) is 78.2. The molecule has 3 N–H and O–H groups in total. The van der Waals surface area contributed by atoms with Crippen LogP contribution in [0.5, 0.6) is 0 Å². The highest BCUT2D eigenvalue weighted by Crippen LogP contribution is 2.45. The standard InChI is InChI=1S/C85H166O17P2/c1-7-9-11-13-15-17-19-21-22-23-24-25-26-27-28-33-37-41-45-51-58-64-70-85(90)101-80(73-95-82(87)67-61-55-49-43-39-36-32-30-29-31-35-38-42-47-53-59-65-77(3)4)75-99-103(91,92)97-71-79(86)72-98-104(93,94)100-76-81(74-96-83(88)68-62-56-52-46-48-54-60-66-78(5)6)102-84(89)69-63-57-50-44-40-34-20-18-16-14-12-10-8-2/h77-81,86H,7-76H2,1-6H3,(H,91,92)(H,93,94)/t79-,80-,81-/m1/s1. The van der Waals surface area contributed by atoms with Gasteiger partial charge in [0, 0.05) is 25.7 Å². The maximum Gasteiger partial charge on any atom is 0.472 e. The largest absolute Gasteiger partial charge is 0.472 e. The fourth-order valence-corrected chi connectivity index (χ4v) is 14.8. The first kappa shape index (κ1) is 102. The van der Waals surface area contributed by atoms with Gasteiger partial charge in [0.05, 0.1) is 26.4 Å². The first-order chi connectivity index (χ1) is 50.4. The summed E-state index contributed by atoms with van der Waals surface area (Å²) in [7, 11) is -9.92. The predicted molar refractivity (Wildman–Crippen MR) is 428 cm³/mol. The molecule has 17 nitrogen and oxygen atoms in total. The van der Waals surface area contributed by atoms with Crippen LogP contribution in [0.3, 0.4) is 0 Å². The van der Waals surface area contributed by atoms with E-state index in [0.717, 1.165) is 102 Å². The molecule has 5 atom stereocenters. The topological polar surface area (TPSA) is 237 Å². The van der Waals surface area contributed by atoms with E-state index in [0.29, 0.717) is 31.6 Å². The van der Waals surface area contributed by atoms with Gasteiger partial charge in [0.2, 0.25) is 0 Å². The normalized spacial score (nSPS) is 13.8. The average Bonchev–Trinajstić information content (AvgIpc) is 0.914. The number of aliphatic hydroxyl groups is 1. The van der Waals surface area contributed by atoms with Crippen LogP contribution in [0, 0.1) is 11.8 Å². The zero-order valence-corrected chi connectivity index (χ0v) is 70.1. The average molecular weight is 1520 g/mol. The summed E-state index contributed by atoms with van der Waals surface area (Å²) in [4.78, 5) is 73.1. The summed E-state index contributed by atoms with van der Waals surface area (Å²) >= 11 is 0. The van der Waals surface area contributed by atoms with E-state index in [9.17, 15) is 43.2 Å². The highest BCUT2D eigenvalue weighted by atomic mass is 31.2. The first-order valence-corrected chi connectivity index (χ1v) is 47.0. The lowest BCUT2D eigenvalue weighted by molar-refractivity contribution is -0.161. The molecular weight excluding hydrogens is 1350 g/mol. The first-order valence-electron chi connectivity index (χ1n) is 44.0. The molecule has 0 rings (SSSR count). The van der Waals surface area contributed by atoms with Crippen molar-refractivity contribution in [3.63, 3.8) is 0 Å². The van der Waals surface area contributed by atoms with Crippen molar-refractivity contribution in [1.82, 2.24) is 0 Å². The summed E-state index contributed by atoms with van der Waals surface area (Å²) in [6.45, 7) is 9.63. The number of phosphoric acid groups is 2. The van der Waals surface area contributed by atoms with Gasteiger partial charge in [-0.2, -0.15) is 0 Å². The number of hydrogen-bond donors (Lipinski definition) is 3. The number of hydrogen-bond acceptors (Lipinski definition) is 15. The second-order valence-electron chi connectivity index (χ2n) is 31.5. The van der Waals surface area contributed by atoms with E-state index in [-0.39, 0.29) is 25.7 Å². The van der Waals surface area contributed by atoms with Crippen molar-refractivity contribution in [3.8, 4) is 0 Å². The molecule has 0 radical (unpaired) electrons. The number of rotatable bonds is 84. The van der Waals surface area contributed by atoms with Crippen LogP contribution in [-0.4, -0.2) is 96.7 Å². The lowest BCUT2D eigenvalue weighted by atomic mass is 10.0. The molecule has 0 fully saturated rings. The van der Waals surface area contributed by atoms with Crippen LogP contribution in [0.25, 0.3) is 0 Å². The van der Waals surface area contributed by atoms with Crippen LogP contribution in [0.15, 0.2) is 0 Å². The number of carbonyl (C=O) groups excluding carboxylic acids is 4. The summed E-state index contributed by atoms with van der Waals surface area (Å²) in [5.41, 5.74) is 0. The number of ether oxygens (including phenoxy) is 4. The van der Waals surface area contributed by atoms with Crippen molar-refractivity contribution in [3.05, 3.63) is 0 Å². The van der Waals surface area contributed by atoms with Gasteiger partial charge in [-0.15, -0.1) is 0 Å². The molecule has 0 saturated heterocycles. The number of phosphoric ester groups is 2. The molecule has 0 aromatic heterocycles. The third-order valence-corrected chi connectivity index (χ3v) is 21.9. The fraction of sp³-hybridized carbons (Fsp3) is 0.953. The van der Waals surface area contributed by atoms with Gasteiger partial charge >= 0.3 is 39.5 Å². The van der Waals surface area contributed by atoms with Crippen LogP contribution in [0.4, 0.5) is 0 Å². The van der Waals surface area contributed by atoms with Crippen molar-refractivity contribution in [2.24, 2.45) is 11.8 Å². The van der Waals surface area contributed by atoms with Crippen molar-refractivity contribution >= 4 is 39.5 Å². The van der Waals surface area contributed by atoms with Gasteiger partial charge < -0.3 is 33.8 Å². The minimum atomic E-state index is -4.97. The maximum atomic E-state index is 13.1. The minimum Gasteiger partial charge on any atom is -0.462 e. The number of carbonyl (C=O) groups is 4. The number of unbranched alkanes of at least 4 members (excludes halogenated alkanes) is 54. The molecule has 0 aromatic carbocycles. The highest BCUT2D eigenvalue weighted by Gasteiger charge is 2.30. The summed E-state index contributed by atoms with van der Waals surface area (Å²) in [6, 6.07) is 0. The van der Waals surface area contributed by atoms with Crippen molar-refractivity contribution < 1.29 is 80.2 Å². The van der Waals surface area contributed by atoms with E-state index in [1.807, 2.05) is 0 Å². The van der Waals surface area contributed by atoms with E-state index in [4.69, 9.17) is 37.0 Å². The lowest BCUT2D eigenvalue weighted by Gasteiger charge is -2.21.